The van der Waals surface area contributed by atoms with E-state index in [0.29, 0.717) is 6.54 Å². The first-order chi connectivity index (χ1) is 10.2. The summed E-state index contributed by atoms with van der Waals surface area (Å²) in [7, 11) is 0. The summed E-state index contributed by atoms with van der Waals surface area (Å²) in [6.45, 7) is 2.68. The quantitative estimate of drug-likeness (QED) is 0.762. The van der Waals surface area contributed by atoms with Crippen LogP contribution in [-0.4, -0.2) is 25.1 Å². The maximum absolute atomic E-state index is 10.8. The minimum Gasteiger partial charge on any atom is -0.382 e. The Kier molecular flexibility index (Phi) is 3.90. The van der Waals surface area contributed by atoms with E-state index in [1.54, 1.807) is 17.1 Å². The van der Waals surface area contributed by atoms with Gasteiger partial charge in [0.2, 0.25) is 0 Å². The molecule has 21 heavy (non-hydrogen) atoms. The summed E-state index contributed by atoms with van der Waals surface area (Å²) < 4.78 is 2.56. The molecule has 1 unspecified atom stereocenters. The summed E-state index contributed by atoms with van der Waals surface area (Å²) in [5.74, 6) is 0. The lowest BCUT2D eigenvalue weighted by Gasteiger charge is -2.14. The minimum atomic E-state index is -0.796. The highest BCUT2D eigenvalue weighted by molar-refractivity contribution is 9.10. The van der Waals surface area contributed by atoms with Crippen molar-refractivity contribution in [1.29, 1.82) is 0 Å². The molecule has 108 valence electrons. The molecule has 0 aliphatic heterocycles. The number of benzene rings is 1. The van der Waals surface area contributed by atoms with E-state index in [9.17, 15) is 5.11 Å². The Morgan fingerprint density at radius 2 is 2.05 bits per heavy atom. The van der Waals surface area contributed by atoms with Gasteiger partial charge < -0.3 is 5.11 Å². The lowest BCUT2D eigenvalue weighted by atomic mass is 10.0. The summed E-state index contributed by atoms with van der Waals surface area (Å²) >= 11 is 3.45. The number of aliphatic hydroxyl groups is 1. The number of nitrogens with zero attached hydrogens (tertiary/aromatic N) is 3. The molecule has 0 radical (unpaired) electrons. The highest BCUT2D eigenvalue weighted by atomic mass is 79.9. The van der Waals surface area contributed by atoms with Gasteiger partial charge in [-0.15, -0.1) is 0 Å². The largest absolute Gasteiger partial charge is 0.382 e. The summed E-state index contributed by atoms with van der Waals surface area (Å²) in [6, 6.07) is 9.83. The smallest absolute Gasteiger partial charge is 0.125 e. The number of rotatable bonds is 4. The SMILES string of the molecule is CCn1ncc(Br)c1C(O)c1cn[nH]c1-c1ccccc1. The lowest BCUT2D eigenvalue weighted by Crippen LogP contribution is -2.10. The third-order valence-corrected chi connectivity index (χ3v) is 4.03. The van der Waals surface area contributed by atoms with Gasteiger partial charge >= 0.3 is 0 Å². The highest BCUT2D eigenvalue weighted by Gasteiger charge is 2.23. The zero-order valence-corrected chi connectivity index (χ0v) is 13.1. The first-order valence-corrected chi connectivity index (χ1v) is 7.49. The monoisotopic (exact) mass is 346 g/mol. The second-order valence-electron chi connectivity index (χ2n) is 4.66. The normalized spacial score (nSPS) is 12.5. The van der Waals surface area contributed by atoms with Crippen LogP contribution in [0.15, 0.2) is 47.2 Å². The van der Waals surface area contributed by atoms with Crippen LogP contribution in [0.5, 0.6) is 0 Å². The number of nitrogens with one attached hydrogen (secondary N) is 1. The van der Waals surface area contributed by atoms with Gasteiger partial charge in [-0.25, -0.2) is 0 Å². The third-order valence-electron chi connectivity index (χ3n) is 3.42. The fourth-order valence-corrected chi connectivity index (χ4v) is 2.89. The minimum absolute atomic E-state index is 0.691. The Labute approximate surface area is 130 Å². The van der Waals surface area contributed by atoms with Crippen molar-refractivity contribution < 1.29 is 5.11 Å². The Morgan fingerprint density at radius 3 is 2.76 bits per heavy atom. The summed E-state index contributed by atoms with van der Waals surface area (Å²) in [4.78, 5) is 0. The zero-order chi connectivity index (χ0) is 14.8. The van der Waals surface area contributed by atoms with Crippen molar-refractivity contribution in [2.24, 2.45) is 0 Å². The Balaban J connectivity index is 2.06. The number of hydrogen-bond donors (Lipinski definition) is 2. The van der Waals surface area contributed by atoms with Crippen LogP contribution in [0.3, 0.4) is 0 Å². The molecular weight excluding hydrogens is 332 g/mol. The molecule has 0 aliphatic rings. The van der Waals surface area contributed by atoms with Crippen molar-refractivity contribution in [3.63, 3.8) is 0 Å². The van der Waals surface area contributed by atoms with Crippen LogP contribution in [-0.2, 0) is 6.54 Å². The Bertz CT molecular complexity index is 735. The standard InChI is InChI=1S/C15H15BrN4O/c1-2-20-14(12(16)9-18-20)15(21)11-8-17-19-13(11)10-6-4-3-5-7-10/h3-9,15,21H,2H2,1H3,(H,17,19). The zero-order valence-electron chi connectivity index (χ0n) is 11.5. The molecule has 0 fully saturated rings. The van der Waals surface area contributed by atoms with Gasteiger partial charge in [0.25, 0.3) is 0 Å². The molecule has 2 heterocycles. The van der Waals surface area contributed by atoms with Crippen LogP contribution in [0, 0.1) is 0 Å². The van der Waals surface area contributed by atoms with E-state index in [4.69, 9.17) is 0 Å². The highest BCUT2D eigenvalue weighted by Crippen LogP contribution is 2.33. The number of H-pyrrole nitrogens is 1. The van der Waals surface area contributed by atoms with Gasteiger partial charge in [0.05, 0.1) is 28.3 Å². The number of aliphatic hydroxyl groups excluding tert-OH is 1. The molecule has 0 spiro atoms. The molecule has 5 nitrogen and oxygen atoms in total. The molecule has 0 saturated heterocycles. The molecule has 2 aromatic heterocycles. The first kappa shape index (κ1) is 14.0. The van der Waals surface area contributed by atoms with Crippen molar-refractivity contribution >= 4 is 15.9 Å². The van der Waals surface area contributed by atoms with E-state index < -0.39 is 6.10 Å². The van der Waals surface area contributed by atoms with Crippen molar-refractivity contribution in [1.82, 2.24) is 20.0 Å². The van der Waals surface area contributed by atoms with E-state index >= 15 is 0 Å². The van der Waals surface area contributed by atoms with E-state index in [-0.39, 0.29) is 0 Å². The third kappa shape index (κ3) is 2.52. The number of halogens is 1. The number of hydrogen-bond acceptors (Lipinski definition) is 3. The fraction of sp³-hybridized carbons (Fsp3) is 0.200. The predicted molar refractivity (Wildman–Crippen MR) is 83.7 cm³/mol. The first-order valence-electron chi connectivity index (χ1n) is 6.70. The molecule has 2 N–H and O–H groups in total. The maximum atomic E-state index is 10.8. The van der Waals surface area contributed by atoms with Crippen LogP contribution in [0.2, 0.25) is 0 Å². The van der Waals surface area contributed by atoms with Gasteiger partial charge in [-0.1, -0.05) is 30.3 Å². The Hall–Kier alpha value is -1.92. The van der Waals surface area contributed by atoms with Crippen LogP contribution in [0.1, 0.15) is 24.3 Å². The Morgan fingerprint density at radius 1 is 1.29 bits per heavy atom. The molecule has 3 aromatic rings. The van der Waals surface area contributed by atoms with Crippen molar-refractivity contribution in [2.45, 2.75) is 19.6 Å². The topological polar surface area (TPSA) is 66.7 Å². The number of aryl methyl sites for hydroxylation is 1. The molecule has 0 bridgehead atoms. The van der Waals surface area contributed by atoms with Crippen molar-refractivity contribution in [2.75, 3.05) is 0 Å². The lowest BCUT2D eigenvalue weighted by molar-refractivity contribution is 0.208. The molecule has 3 rings (SSSR count). The van der Waals surface area contributed by atoms with Crippen LogP contribution in [0.25, 0.3) is 11.3 Å². The molecular formula is C15H15BrN4O. The van der Waals surface area contributed by atoms with Crippen molar-refractivity contribution in [3.05, 3.63) is 58.5 Å². The van der Waals surface area contributed by atoms with Crippen LogP contribution in [0.4, 0.5) is 0 Å². The molecule has 6 heteroatoms. The van der Waals surface area contributed by atoms with E-state index in [1.807, 2.05) is 37.3 Å². The van der Waals surface area contributed by atoms with E-state index in [0.717, 1.165) is 27.0 Å². The van der Waals surface area contributed by atoms with E-state index in [2.05, 4.69) is 31.2 Å². The average molecular weight is 347 g/mol. The van der Waals surface area contributed by atoms with Gasteiger partial charge in [0.1, 0.15) is 6.10 Å². The molecule has 1 atom stereocenters. The van der Waals surface area contributed by atoms with Crippen LogP contribution >= 0.6 is 15.9 Å². The maximum Gasteiger partial charge on any atom is 0.125 e. The number of aromatic amines is 1. The summed E-state index contributed by atoms with van der Waals surface area (Å²) in [5, 5.41) is 22.1. The van der Waals surface area contributed by atoms with Crippen LogP contribution < -0.4 is 0 Å². The number of aromatic nitrogens is 4. The van der Waals surface area contributed by atoms with Gasteiger partial charge in [-0.3, -0.25) is 9.78 Å². The molecule has 0 saturated carbocycles. The van der Waals surface area contributed by atoms with Gasteiger partial charge in [0.15, 0.2) is 0 Å². The summed E-state index contributed by atoms with van der Waals surface area (Å²) in [6.07, 6.45) is 2.56. The second-order valence-corrected chi connectivity index (χ2v) is 5.52. The van der Waals surface area contributed by atoms with Crippen molar-refractivity contribution in [3.8, 4) is 11.3 Å². The fourth-order valence-electron chi connectivity index (χ4n) is 2.38. The molecule has 1 aromatic carbocycles. The van der Waals surface area contributed by atoms with Gasteiger partial charge in [-0.05, 0) is 28.4 Å². The average Bonchev–Trinajstić information content (AvgIpc) is 3.14. The van der Waals surface area contributed by atoms with Gasteiger partial charge in [-0.2, -0.15) is 10.2 Å². The second kappa shape index (κ2) is 5.83. The summed E-state index contributed by atoms with van der Waals surface area (Å²) in [5.41, 5.74) is 3.27. The molecule has 0 amide bonds. The van der Waals surface area contributed by atoms with E-state index in [1.165, 1.54) is 0 Å². The predicted octanol–water partition coefficient (Wildman–Crippen LogP) is 3.14. The molecule has 0 aliphatic carbocycles. The van der Waals surface area contributed by atoms with Gasteiger partial charge in [0, 0.05) is 12.1 Å².